The van der Waals surface area contributed by atoms with Gasteiger partial charge in [-0.1, -0.05) is 23.2 Å². The van der Waals surface area contributed by atoms with Crippen molar-refractivity contribution < 1.29 is 13.2 Å². The molecule has 8 heteroatoms. The summed E-state index contributed by atoms with van der Waals surface area (Å²) in [6, 6.07) is 12.2. The van der Waals surface area contributed by atoms with Crippen molar-refractivity contribution in [1.82, 2.24) is 4.72 Å². The standard InChI is InChI=1S/C16H14Cl2N2O3S/c17-11-1-5-14(6-2-11)20-10-13(9-16(20)21)19-24(22,23)15-7-3-12(18)4-8-15/h1-8,13,19H,9-10H2/t13-/m1/s1. The van der Waals surface area contributed by atoms with Gasteiger partial charge in [-0.05, 0) is 48.5 Å². The van der Waals surface area contributed by atoms with E-state index in [4.69, 9.17) is 23.2 Å². The van der Waals surface area contributed by atoms with E-state index in [1.54, 1.807) is 29.2 Å². The Kier molecular flexibility index (Phi) is 4.83. The van der Waals surface area contributed by atoms with E-state index >= 15 is 0 Å². The number of hydrogen-bond donors (Lipinski definition) is 1. The van der Waals surface area contributed by atoms with E-state index in [1.165, 1.54) is 24.3 Å². The number of hydrogen-bond acceptors (Lipinski definition) is 3. The lowest BCUT2D eigenvalue weighted by Gasteiger charge is -2.17. The zero-order chi connectivity index (χ0) is 17.3. The molecule has 126 valence electrons. The molecule has 1 aliphatic heterocycles. The molecular formula is C16H14Cl2N2O3S. The number of nitrogens with zero attached hydrogens (tertiary/aromatic N) is 1. The quantitative estimate of drug-likeness (QED) is 0.880. The number of anilines is 1. The average molecular weight is 385 g/mol. The Labute approximate surface area is 150 Å². The summed E-state index contributed by atoms with van der Waals surface area (Å²) in [5, 5.41) is 1.03. The van der Waals surface area contributed by atoms with Crippen LogP contribution in [0.4, 0.5) is 5.69 Å². The second-order valence-corrected chi connectivity index (χ2v) is 8.04. The van der Waals surface area contributed by atoms with Crippen molar-refractivity contribution in [3.8, 4) is 0 Å². The molecule has 1 atom stereocenters. The number of carbonyl (C=O) groups is 1. The van der Waals surface area contributed by atoms with Crippen LogP contribution in [0.3, 0.4) is 0 Å². The summed E-state index contributed by atoms with van der Waals surface area (Å²) in [7, 11) is -3.70. The highest BCUT2D eigenvalue weighted by atomic mass is 35.5. The molecule has 0 unspecified atom stereocenters. The third-order valence-corrected chi connectivity index (χ3v) is 5.75. The maximum atomic E-state index is 12.4. The number of sulfonamides is 1. The smallest absolute Gasteiger partial charge is 0.240 e. The Morgan fingerprint density at radius 1 is 0.958 bits per heavy atom. The summed E-state index contributed by atoms with van der Waals surface area (Å²) in [6.07, 6.45) is 0.107. The molecule has 0 aromatic heterocycles. The van der Waals surface area contributed by atoms with E-state index in [1.807, 2.05) is 0 Å². The van der Waals surface area contributed by atoms with Crippen LogP contribution in [0.15, 0.2) is 53.4 Å². The predicted molar refractivity (Wildman–Crippen MR) is 94.0 cm³/mol. The Hall–Kier alpha value is -1.60. The van der Waals surface area contributed by atoms with Gasteiger partial charge in [-0.25, -0.2) is 13.1 Å². The molecule has 3 rings (SSSR count). The zero-order valence-electron chi connectivity index (χ0n) is 12.4. The Bertz CT molecular complexity index is 852. The van der Waals surface area contributed by atoms with Crippen LogP contribution in [0.25, 0.3) is 0 Å². The first-order chi connectivity index (χ1) is 11.3. The summed E-state index contributed by atoms with van der Waals surface area (Å²) >= 11 is 11.6. The van der Waals surface area contributed by atoms with Crippen LogP contribution in [-0.2, 0) is 14.8 Å². The van der Waals surface area contributed by atoms with Gasteiger partial charge < -0.3 is 4.90 Å². The molecule has 0 spiro atoms. The molecule has 2 aromatic rings. The summed E-state index contributed by atoms with van der Waals surface area (Å²) in [6.45, 7) is 0.271. The van der Waals surface area contributed by atoms with E-state index in [0.717, 1.165) is 0 Å². The van der Waals surface area contributed by atoms with Crippen molar-refractivity contribution in [1.29, 1.82) is 0 Å². The third kappa shape index (κ3) is 3.72. The lowest BCUT2D eigenvalue weighted by Crippen LogP contribution is -2.37. The normalized spacial score (nSPS) is 18.2. The summed E-state index contributed by atoms with van der Waals surface area (Å²) < 4.78 is 27.4. The number of nitrogens with one attached hydrogen (secondary N) is 1. The lowest BCUT2D eigenvalue weighted by molar-refractivity contribution is -0.117. The molecular weight excluding hydrogens is 371 g/mol. The summed E-state index contributed by atoms with van der Waals surface area (Å²) in [4.78, 5) is 13.8. The fraction of sp³-hybridized carbons (Fsp3) is 0.188. The van der Waals surface area contributed by atoms with Crippen molar-refractivity contribution in [2.75, 3.05) is 11.4 Å². The molecule has 24 heavy (non-hydrogen) atoms. The third-order valence-electron chi connectivity index (χ3n) is 3.71. The van der Waals surface area contributed by atoms with Gasteiger partial charge in [-0.15, -0.1) is 0 Å². The molecule has 2 aromatic carbocycles. The molecule has 1 fully saturated rings. The first kappa shape index (κ1) is 17.2. The molecule has 1 N–H and O–H groups in total. The predicted octanol–water partition coefficient (Wildman–Crippen LogP) is 3.08. The monoisotopic (exact) mass is 384 g/mol. The van der Waals surface area contributed by atoms with Gasteiger partial charge in [0.15, 0.2) is 0 Å². The summed E-state index contributed by atoms with van der Waals surface area (Å²) in [5.41, 5.74) is 0.692. The Morgan fingerprint density at radius 2 is 1.50 bits per heavy atom. The molecule has 0 bridgehead atoms. The topological polar surface area (TPSA) is 66.5 Å². The van der Waals surface area contributed by atoms with E-state index in [0.29, 0.717) is 15.7 Å². The Balaban J connectivity index is 1.74. The van der Waals surface area contributed by atoms with Gasteiger partial charge in [0.1, 0.15) is 0 Å². The van der Waals surface area contributed by atoms with Gasteiger partial charge in [0, 0.05) is 34.7 Å². The van der Waals surface area contributed by atoms with Crippen molar-refractivity contribution in [2.45, 2.75) is 17.4 Å². The molecule has 1 heterocycles. The van der Waals surface area contributed by atoms with Crippen molar-refractivity contribution >= 4 is 44.8 Å². The number of carbonyl (C=O) groups excluding carboxylic acids is 1. The van der Waals surface area contributed by atoms with Gasteiger partial charge in [-0.2, -0.15) is 0 Å². The van der Waals surface area contributed by atoms with Crippen LogP contribution >= 0.6 is 23.2 Å². The zero-order valence-corrected chi connectivity index (χ0v) is 14.8. The number of halogens is 2. The first-order valence-electron chi connectivity index (χ1n) is 7.19. The van der Waals surface area contributed by atoms with Crippen LogP contribution in [0, 0.1) is 0 Å². The molecule has 5 nitrogen and oxygen atoms in total. The van der Waals surface area contributed by atoms with Crippen LogP contribution < -0.4 is 9.62 Å². The molecule has 1 amide bonds. The minimum absolute atomic E-state index is 0.107. The van der Waals surface area contributed by atoms with Crippen LogP contribution in [0.1, 0.15) is 6.42 Å². The SMILES string of the molecule is O=C1C[C@@H](NS(=O)(=O)c2ccc(Cl)cc2)CN1c1ccc(Cl)cc1. The number of rotatable bonds is 4. The highest BCUT2D eigenvalue weighted by molar-refractivity contribution is 7.89. The van der Waals surface area contributed by atoms with Crippen LogP contribution in [-0.4, -0.2) is 26.9 Å². The molecule has 0 saturated carbocycles. The summed E-state index contributed by atoms with van der Waals surface area (Å²) in [5.74, 6) is -0.138. The van der Waals surface area contributed by atoms with Crippen LogP contribution in [0.2, 0.25) is 10.0 Å². The van der Waals surface area contributed by atoms with E-state index in [-0.39, 0.29) is 23.8 Å². The lowest BCUT2D eigenvalue weighted by atomic mass is 10.3. The minimum atomic E-state index is -3.70. The second-order valence-electron chi connectivity index (χ2n) is 5.46. The molecule has 0 aliphatic carbocycles. The maximum absolute atomic E-state index is 12.4. The average Bonchev–Trinajstić information content (AvgIpc) is 2.88. The van der Waals surface area contributed by atoms with E-state index in [9.17, 15) is 13.2 Å². The highest BCUT2D eigenvalue weighted by Gasteiger charge is 2.33. The Morgan fingerprint density at radius 3 is 2.08 bits per heavy atom. The molecule has 1 aliphatic rings. The van der Waals surface area contributed by atoms with Crippen LogP contribution in [0.5, 0.6) is 0 Å². The molecule has 0 radical (unpaired) electrons. The van der Waals surface area contributed by atoms with Crippen molar-refractivity contribution in [3.05, 3.63) is 58.6 Å². The van der Waals surface area contributed by atoms with Crippen molar-refractivity contribution in [3.63, 3.8) is 0 Å². The van der Waals surface area contributed by atoms with Gasteiger partial charge >= 0.3 is 0 Å². The first-order valence-corrected chi connectivity index (χ1v) is 9.43. The maximum Gasteiger partial charge on any atom is 0.240 e. The van der Waals surface area contributed by atoms with Gasteiger partial charge in [0.2, 0.25) is 15.9 Å². The van der Waals surface area contributed by atoms with Gasteiger partial charge in [-0.3, -0.25) is 4.79 Å². The number of benzene rings is 2. The van der Waals surface area contributed by atoms with Gasteiger partial charge in [0.05, 0.1) is 4.90 Å². The fourth-order valence-corrected chi connectivity index (χ4v) is 4.04. The van der Waals surface area contributed by atoms with E-state index in [2.05, 4.69) is 4.72 Å². The minimum Gasteiger partial charge on any atom is -0.311 e. The fourth-order valence-electron chi connectivity index (χ4n) is 2.56. The van der Waals surface area contributed by atoms with E-state index < -0.39 is 16.1 Å². The largest absolute Gasteiger partial charge is 0.311 e. The van der Waals surface area contributed by atoms with Gasteiger partial charge in [0.25, 0.3) is 0 Å². The number of amides is 1. The second kappa shape index (κ2) is 6.72. The highest BCUT2D eigenvalue weighted by Crippen LogP contribution is 2.24. The van der Waals surface area contributed by atoms with Crippen molar-refractivity contribution in [2.24, 2.45) is 0 Å². The molecule has 1 saturated heterocycles.